The van der Waals surface area contributed by atoms with Gasteiger partial charge in [0.2, 0.25) is 5.91 Å². The van der Waals surface area contributed by atoms with E-state index in [1.807, 2.05) is 19.1 Å². The van der Waals surface area contributed by atoms with Gasteiger partial charge in [0.25, 0.3) is 5.24 Å². The van der Waals surface area contributed by atoms with E-state index in [1.165, 1.54) is 10.5 Å². The van der Waals surface area contributed by atoms with Crippen molar-refractivity contribution in [2.75, 3.05) is 5.75 Å². The van der Waals surface area contributed by atoms with E-state index in [9.17, 15) is 9.59 Å². The maximum absolute atomic E-state index is 11.6. The van der Waals surface area contributed by atoms with Gasteiger partial charge in [-0.3, -0.25) is 19.9 Å². The molecule has 1 saturated heterocycles. The summed E-state index contributed by atoms with van der Waals surface area (Å²) in [5, 5.41) is 1.77. The van der Waals surface area contributed by atoms with Gasteiger partial charge >= 0.3 is 0 Å². The highest BCUT2D eigenvalue weighted by Crippen LogP contribution is 2.25. The molecule has 2 amide bonds. The largest absolute Gasteiger partial charge is 0.286 e. The van der Waals surface area contributed by atoms with Crippen molar-refractivity contribution in [2.45, 2.75) is 36.8 Å². The monoisotopic (exact) mass is 372 g/mol. The second kappa shape index (κ2) is 8.06. The van der Waals surface area contributed by atoms with Crippen molar-refractivity contribution in [3.63, 3.8) is 0 Å². The Morgan fingerprint density at radius 3 is 2.56 bits per heavy atom. The third kappa shape index (κ3) is 5.09. The Morgan fingerprint density at radius 2 is 1.92 bits per heavy atom. The molecule has 1 aromatic heterocycles. The normalized spacial score (nSPS) is 17.0. The number of aromatic nitrogens is 1. The molecule has 1 N–H and O–H groups in total. The van der Waals surface area contributed by atoms with Crippen molar-refractivity contribution in [2.24, 2.45) is 0 Å². The summed E-state index contributed by atoms with van der Waals surface area (Å²) < 4.78 is 0. The lowest BCUT2D eigenvalue weighted by Crippen LogP contribution is -2.25. The molecule has 25 heavy (non-hydrogen) atoms. The summed E-state index contributed by atoms with van der Waals surface area (Å²) in [4.78, 5) is 28.6. The van der Waals surface area contributed by atoms with Gasteiger partial charge in [0.15, 0.2) is 0 Å². The van der Waals surface area contributed by atoms with Crippen LogP contribution in [0.5, 0.6) is 0 Å². The third-order valence-electron chi connectivity index (χ3n) is 3.89. The van der Waals surface area contributed by atoms with Crippen LogP contribution in [0.1, 0.15) is 22.5 Å². The Kier molecular flexibility index (Phi) is 5.81. The van der Waals surface area contributed by atoms with Gasteiger partial charge in [0, 0.05) is 22.0 Å². The number of hydrogen-bond donors (Lipinski definition) is 1. The minimum absolute atomic E-state index is 0.186. The van der Waals surface area contributed by atoms with Crippen LogP contribution in [0.2, 0.25) is 0 Å². The molecule has 1 fully saturated rings. The molecule has 0 radical (unpaired) electrons. The second-order valence-corrected chi connectivity index (χ2v) is 8.45. The highest BCUT2D eigenvalue weighted by Gasteiger charge is 2.31. The molecule has 0 bridgehead atoms. The summed E-state index contributed by atoms with van der Waals surface area (Å²) in [6.07, 6.45) is 1.52. The number of hydrogen-bond acceptors (Lipinski definition) is 5. The predicted octanol–water partition coefficient (Wildman–Crippen LogP) is 3.93. The van der Waals surface area contributed by atoms with Gasteiger partial charge in [0.1, 0.15) is 0 Å². The minimum Gasteiger partial charge on any atom is -0.286 e. The van der Waals surface area contributed by atoms with Gasteiger partial charge in [-0.25, -0.2) is 0 Å². The molecule has 1 aliphatic rings. The summed E-state index contributed by atoms with van der Waals surface area (Å²) in [7, 11) is 0. The van der Waals surface area contributed by atoms with Crippen LogP contribution in [0.4, 0.5) is 4.79 Å². The van der Waals surface area contributed by atoms with Crippen molar-refractivity contribution in [1.29, 1.82) is 0 Å². The summed E-state index contributed by atoms with van der Waals surface area (Å²) in [6.45, 7) is 4.12. The van der Waals surface area contributed by atoms with Crippen molar-refractivity contribution in [1.82, 2.24) is 10.3 Å². The number of aryl methyl sites for hydroxylation is 3. The summed E-state index contributed by atoms with van der Waals surface area (Å²) >= 11 is 2.88. The first-order chi connectivity index (χ1) is 12.0. The number of amides is 2. The molecule has 0 spiro atoms. The molecule has 1 atom stereocenters. The maximum atomic E-state index is 11.6. The number of thioether (sulfide) groups is 2. The maximum Gasteiger partial charge on any atom is 0.286 e. The van der Waals surface area contributed by atoms with E-state index >= 15 is 0 Å². The Bertz CT molecular complexity index is 770. The van der Waals surface area contributed by atoms with Crippen molar-refractivity contribution in [3.05, 3.63) is 58.9 Å². The first-order valence-electron chi connectivity index (χ1n) is 8.17. The summed E-state index contributed by atoms with van der Waals surface area (Å²) in [5.74, 6) is 0.791. The highest BCUT2D eigenvalue weighted by atomic mass is 32.2. The smallest absolute Gasteiger partial charge is 0.286 e. The van der Waals surface area contributed by atoms with Crippen molar-refractivity contribution >= 4 is 34.7 Å². The zero-order chi connectivity index (χ0) is 17.8. The van der Waals surface area contributed by atoms with Crippen LogP contribution in [0, 0.1) is 13.8 Å². The molecule has 1 aliphatic heterocycles. The SMILES string of the molecule is Cc1cc(C)nc(CCSc2ccc(CC3SC(=O)NC3=O)cc2)c1. The van der Waals surface area contributed by atoms with Gasteiger partial charge in [-0.2, -0.15) is 0 Å². The molecule has 1 aromatic carbocycles. The molecule has 1 unspecified atom stereocenters. The zero-order valence-corrected chi connectivity index (χ0v) is 15.9. The lowest BCUT2D eigenvalue weighted by Gasteiger charge is -2.07. The quantitative estimate of drug-likeness (QED) is 0.779. The molecule has 4 nitrogen and oxygen atoms in total. The van der Waals surface area contributed by atoms with Crippen molar-refractivity contribution < 1.29 is 9.59 Å². The molecule has 0 saturated carbocycles. The fourth-order valence-electron chi connectivity index (χ4n) is 2.79. The van der Waals surface area contributed by atoms with Crippen LogP contribution >= 0.6 is 23.5 Å². The van der Waals surface area contributed by atoms with Crippen LogP contribution in [-0.4, -0.2) is 27.1 Å². The van der Waals surface area contributed by atoms with E-state index < -0.39 is 0 Å². The number of imide groups is 1. The average Bonchev–Trinajstić information content (AvgIpc) is 2.86. The topological polar surface area (TPSA) is 59.1 Å². The Hall–Kier alpha value is -1.79. The number of nitrogens with one attached hydrogen (secondary N) is 1. The summed E-state index contributed by atoms with van der Waals surface area (Å²) in [5.41, 5.74) is 4.53. The molecule has 0 aliphatic carbocycles. The first kappa shape index (κ1) is 18.0. The standard InChI is InChI=1S/C19H20N2O2S2/c1-12-9-13(2)20-15(10-12)7-8-24-16-5-3-14(4-6-16)11-17-18(22)21-19(23)25-17/h3-6,9-10,17H,7-8,11H2,1-2H3,(H,21,22,23). The van der Waals surface area contributed by atoms with Gasteiger partial charge in [-0.15, -0.1) is 11.8 Å². The average molecular weight is 373 g/mol. The molecular weight excluding hydrogens is 352 g/mol. The Morgan fingerprint density at radius 1 is 1.16 bits per heavy atom. The van der Waals surface area contributed by atoms with E-state index in [-0.39, 0.29) is 16.4 Å². The van der Waals surface area contributed by atoms with Crippen LogP contribution in [0.25, 0.3) is 0 Å². The minimum atomic E-state index is -0.304. The first-order valence-corrected chi connectivity index (χ1v) is 10.0. The van der Waals surface area contributed by atoms with Gasteiger partial charge in [0.05, 0.1) is 5.25 Å². The fourth-order valence-corrected chi connectivity index (χ4v) is 4.53. The lowest BCUT2D eigenvalue weighted by molar-refractivity contribution is -0.118. The number of carbonyl (C=O) groups is 2. The third-order valence-corrected chi connectivity index (χ3v) is 5.88. The molecule has 130 valence electrons. The van der Waals surface area contributed by atoms with Crippen LogP contribution < -0.4 is 5.32 Å². The fraction of sp³-hybridized carbons (Fsp3) is 0.316. The number of pyridine rings is 1. The number of benzene rings is 1. The van der Waals surface area contributed by atoms with E-state index in [4.69, 9.17) is 0 Å². The number of carbonyl (C=O) groups excluding carboxylic acids is 2. The predicted molar refractivity (Wildman–Crippen MR) is 103 cm³/mol. The van der Waals surface area contributed by atoms with E-state index in [0.717, 1.165) is 40.9 Å². The highest BCUT2D eigenvalue weighted by molar-refractivity contribution is 8.15. The molecule has 2 heterocycles. The second-order valence-electron chi connectivity index (χ2n) is 6.11. The molecule has 6 heteroatoms. The molecule has 2 aromatic rings. The van der Waals surface area contributed by atoms with Crippen LogP contribution in [0.15, 0.2) is 41.3 Å². The van der Waals surface area contributed by atoms with E-state index in [0.29, 0.717) is 6.42 Å². The summed E-state index contributed by atoms with van der Waals surface area (Å²) in [6, 6.07) is 12.5. The number of rotatable bonds is 6. The Labute approximate surface area is 156 Å². The van der Waals surface area contributed by atoms with E-state index in [2.05, 4.69) is 41.5 Å². The Balaban J connectivity index is 1.50. The molecule has 3 rings (SSSR count). The lowest BCUT2D eigenvalue weighted by atomic mass is 10.1. The zero-order valence-electron chi connectivity index (χ0n) is 14.2. The van der Waals surface area contributed by atoms with Crippen LogP contribution in [0.3, 0.4) is 0 Å². The van der Waals surface area contributed by atoms with Gasteiger partial charge < -0.3 is 0 Å². The van der Waals surface area contributed by atoms with Crippen LogP contribution in [-0.2, 0) is 17.6 Å². The van der Waals surface area contributed by atoms with Gasteiger partial charge in [-0.05, 0) is 62.1 Å². The van der Waals surface area contributed by atoms with Gasteiger partial charge in [-0.1, -0.05) is 23.9 Å². The van der Waals surface area contributed by atoms with Crippen molar-refractivity contribution in [3.8, 4) is 0 Å². The number of nitrogens with zero attached hydrogens (tertiary/aromatic N) is 1. The molecular formula is C19H20N2O2S2. The van der Waals surface area contributed by atoms with E-state index in [1.54, 1.807) is 11.8 Å².